The lowest BCUT2D eigenvalue weighted by molar-refractivity contribution is 0.0962. The normalized spacial score (nSPS) is 10.4. The molecule has 0 spiro atoms. The first-order valence-electron chi connectivity index (χ1n) is 8.53. The molecule has 0 radical (unpaired) electrons. The molecule has 4 heteroatoms. The van der Waals surface area contributed by atoms with Crippen molar-refractivity contribution in [1.82, 2.24) is 5.43 Å². The number of hydrogen-bond acceptors (Lipinski definition) is 3. The summed E-state index contributed by atoms with van der Waals surface area (Å²) in [6.45, 7) is 2.22. The number of benzene rings is 2. The Kier molecular flexibility index (Phi) is 7.69. The molecule has 128 valence electrons. The van der Waals surface area contributed by atoms with E-state index in [0.29, 0.717) is 5.56 Å². The molecule has 24 heavy (non-hydrogen) atoms. The highest BCUT2D eigenvalue weighted by Gasteiger charge is 2.09. The fraction of sp³-hybridized carbons (Fsp3) is 0.350. The largest absolute Gasteiger partial charge is 0.298 e. The summed E-state index contributed by atoms with van der Waals surface area (Å²) in [6, 6.07) is 15.6. The number of para-hydroxylation sites is 1. The van der Waals surface area contributed by atoms with E-state index in [1.165, 1.54) is 36.1 Å². The summed E-state index contributed by atoms with van der Waals surface area (Å²) in [5, 5.41) is 0. The summed E-state index contributed by atoms with van der Waals surface area (Å²) in [5.41, 5.74) is 8.54. The second-order valence-electron chi connectivity index (χ2n) is 5.78. The molecule has 0 saturated carbocycles. The van der Waals surface area contributed by atoms with Crippen molar-refractivity contribution in [2.75, 3.05) is 11.7 Å². The van der Waals surface area contributed by atoms with Crippen LogP contribution >= 0.6 is 11.8 Å². The van der Waals surface area contributed by atoms with Gasteiger partial charge >= 0.3 is 0 Å². The quantitative estimate of drug-likeness (QED) is 0.370. The molecule has 0 bridgehead atoms. The molecule has 2 N–H and O–H groups in total. The van der Waals surface area contributed by atoms with Crippen LogP contribution < -0.4 is 10.9 Å². The summed E-state index contributed by atoms with van der Waals surface area (Å²) >= 11 is 1.74. The van der Waals surface area contributed by atoms with Crippen LogP contribution in [0.1, 0.15) is 48.5 Å². The minimum Gasteiger partial charge on any atom is -0.298 e. The fourth-order valence-electron chi connectivity index (χ4n) is 2.58. The van der Waals surface area contributed by atoms with E-state index in [1.807, 2.05) is 42.5 Å². The van der Waals surface area contributed by atoms with Crippen LogP contribution in [0.5, 0.6) is 0 Å². The Labute approximate surface area is 149 Å². The number of carbonyl (C=O) groups excluding carboxylic acids is 1. The zero-order chi connectivity index (χ0) is 17.2. The molecular weight excluding hydrogens is 316 g/mol. The molecular formula is C20H26N2OS. The van der Waals surface area contributed by atoms with Crippen LogP contribution in [0.2, 0.25) is 0 Å². The lowest BCUT2D eigenvalue weighted by Gasteiger charge is -2.12. The molecule has 0 aliphatic carbocycles. The number of rotatable bonds is 9. The van der Waals surface area contributed by atoms with Gasteiger partial charge in [-0.1, -0.05) is 44.4 Å². The smallest absolute Gasteiger partial charge is 0.269 e. The van der Waals surface area contributed by atoms with Crippen LogP contribution in [0.3, 0.4) is 0 Å². The molecule has 2 aromatic carbocycles. The van der Waals surface area contributed by atoms with Gasteiger partial charge in [0.25, 0.3) is 5.91 Å². The second kappa shape index (κ2) is 10.0. The first-order chi connectivity index (χ1) is 11.7. The lowest BCUT2D eigenvalue weighted by atomic mass is 10.0. The Morgan fingerprint density at radius 2 is 1.83 bits per heavy atom. The van der Waals surface area contributed by atoms with Crippen molar-refractivity contribution in [1.29, 1.82) is 0 Å². The van der Waals surface area contributed by atoms with E-state index in [1.54, 1.807) is 11.8 Å². The molecule has 2 aromatic rings. The van der Waals surface area contributed by atoms with Crippen molar-refractivity contribution in [3.05, 3.63) is 59.7 Å². The number of amides is 1. The number of carbonyl (C=O) groups is 1. The van der Waals surface area contributed by atoms with Gasteiger partial charge in [-0.05, 0) is 55.0 Å². The molecule has 0 aliphatic heterocycles. The standard InChI is InChI=1S/C20H26N2OS/c1-3-4-5-7-10-16-15-17(13-14-19(16)24-2)20(23)22-21-18-11-8-6-9-12-18/h6,8-9,11-15,21H,3-5,7,10H2,1-2H3,(H,22,23). The van der Waals surface area contributed by atoms with Crippen molar-refractivity contribution in [3.63, 3.8) is 0 Å². The fourth-order valence-corrected chi connectivity index (χ4v) is 3.21. The summed E-state index contributed by atoms with van der Waals surface area (Å²) in [4.78, 5) is 13.6. The van der Waals surface area contributed by atoms with Crippen molar-refractivity contribution in [3.8, 4) is 0 Å². The predicted octanol–water partition coefficient (Wildman–Crippen LogP) is 5.29. The first-order valence-corrected chi connectivity index (χ1v) is 9.75. The highest BCUT2D eigenvalue weighted by Crippen LogP contribution is 2.24. The van der Waals surface area contributed by atoms with E-state index in [0.717, 1.165) is 12.1 Å². The van der Waals surface area contributed by atoms with Gasteiger partial charge in [0.1, 0.15) is 0 Å². The average Bonchev–Trinajstić information content (AvgIpc) is 2.64. The number of nitrogens with one attached hydrogen (secondary N) is 2. The highest BCUT2D eigenvalue weighted by molar-refractivity contribution is 7.98. The third-order valence-corrected chi connectivity index (χ3v) is 4.77. The van der Waals surface area contributed by atoms with Gasteiger partial charge in [0.05, 0.1) is 5.69 Å². The topological polar surface area (TPSA) is 41.1 Å². The van der Waals surface area contributed by atoms with E-state index >= 15 is 0 Å². The molecule has 0 heterocycles. The van der Waals surface area contributed by atoms with Crippen LogP contribution in [-0.4, -0.2) is 12.2 Å². The van der Waals surface area contributed by atoms with Crippen molar-refractivity contribution < 1.29 is 4.79 Å². The summed E-state index contributed by atoms with van der Waals surface area (Å²) in [6.07, 6.45) is 8.05. The Bertz CT molecular complexity index is 643. The van der Waals surface area contributed by atoms with Gasteiger partial charge in [-0.15, -0.1) is 11.8 Å². The maximum absolute atomic E-state index is 12.4. The molecule has 0 unspecified atom stereocenters. The first kappa shape index (κ1) is 18.4. The number of anilines is 1. The van der Waals surface area contributed by atoms with Gasteiger partial charge in [0.2, 0.25) is 0 Å². The Morgan fingerprint density at radius 3 is 2.54 bits per heavy atom. The van der Waals surface area contributed by atoms with Crippen LogP contribution in [0.4, 0.5) is 5.69 Å². The SMILES string of the molecule is CCCCCCc1cc(C(=O)NNc2ccccc2)ccc1SC. The Morgan fingerprint density at radius 1 is 1.04 bits per heavy atom. The zero-order valence-electron chi connectivity index (χ0n) is 14.5. The van der Waals surface area contributed by atoms with Crippen LogP contribution in [0, 0.1) is 0 Å². The van der Waals surface area contributed by atoms with Crippen molar-refractivity contribution in [2.45, 2.75) is 43.9 Å². The number of thioether (sulfide) groups is 1. The number of hydrazine groups is 1. The molecule has 1 amide bonds. The third-order valence-electron chi connectivity index (χ3n) is 3.94. The lowest BCUT2D eigenvalue weighted by Crippen LogP contribution is -2.29. The van der Waals surface area contributed by atoms with Gasteiger partial charge in [-0.3, -0.25) is 15.6 Å². The zero-order valence-corrected chi connectivity index (χ0v) is 15.3. The van der Waals surface area contributed by atoms with E-state index in [2.05, 4.69) is 30.1 Å². The summed E-state index contributed by atoms with van der Waals surface area (Å²) in [5.74, 6) is -0.110. The van der Waals surface area contributed by atoms with E-state index < -0.39 is 0 Å². The monoisotopic (exact) mass is 342 g/mol. The third kappa shape index (κ3) is 5.60. The molecule has 0 fully saturated rings. The number of aryl methyl sites for hydroxylation is 1. The summed E-state index contributed by atoms with van der Waals surface area (Å²) < 4.78 is 0. The van der Waals surface area contributed by atoms with Gasteiger partial charge in [0.15, 0.2) is 0 Å². The molecule has 2 rings (SSSR count). The van der Waals surface area contributed by atoms with Gasteiger partial charge < -0.3 is 0 Å². The van der Waals surface area contributed by atoms with Crippen LogP contribution in [0.25, 0.3) is 0 Å². The van der Waals surface area contributed by atoms with Crippen molar-refractivity contribution >= 4 is 23.4 Å². The van der Waals surface area contributed by atoms with E-state index in [9.17, 15) is 4.79 Å². The minimum atomic E-state index is -0.110. The molecule has 0 aromatic heterocycles. The van der Waals surface area contributed by atoms with Gasteiger partial charge in [-0.25, -0.2) is 0 Å². The van der Waals surface area contributed by atoms with Crippen molar-refractivity contribution in [2.24, 2.45) is 0 Å². The second-order valence-corrected chi connectivity index (χ2v) is 6.63. The predicted molar refractivity (Wildman–Crippen MR) is 104 cm³/mol. The molecule has 3 nitrogen and oxygen atoms in total. The maximum atomic E-state index is 12.4. The summed E-state index contributed by atoms with van der Waals surface area (Å²) in [7, 11) is 0. The van der Waals surface area contributed by atoms with Gasteiger partial charge in [0, 0.05) is 10.5 Å². The Hall–Kier alpha value is -1.94. The Balaban J connectivity index is 1.99. The minimum absolute atomic E-state index is 0.110. The van der Waals surface area contributed by atoms with Gasteiger partial charge in [-0.2, -0.15) is 0 Å². The average molecular weight is 343 g/mol. The highest BCUT2D eigenvalue weighted by atomic mass is 32.2. The molecule has 0 atom stereocenters. The van der Waals surface area contributed by atoms with Crippen LogP contribution in [0.15, 0.2) is 53.4 Å². The molecule has 0 saturated heterocycles. The van der Waals surface area contributed by atoms with E-state index in [4.69, 9.17) is 0 Å². The molecule has 0 aliphatic rings. The maximum Gasteiger partial charge on any atom is 0.269 e. The number of unbranched alkanes of at least 4 members (excludes halogenated alkanes) is 3. The van der Waals surface area contributed by atoms with E-state index in [-0.39, 0.29) is 5.91 Å². The number of hydrogen-bond donors (Lipinski definition) is 2. The van der Waals surface area contributed by atoms with Crippen LogP contribution in [-0.2, 0) is 6.42 Å².